The topological polar surface area (TPSA) is 71.8 Å². The van der Waals surface area contributed by atoms with Crippen molar-refractivity contribution < 1.29 is 4.79 Å². The molecule has 2 heterocycles. The largest absolute Gasteiger partial charge is 0.325 e. The number of rotatable bonds is 8. The number of nitrogens with one attached hydrogen (secondary N) is 2. The Morgan fingerprint density at radius 2 is 1.84 bits per heavy atom. The van der Waals surface area contributed by atoms with Crippen LogP contribution < -0.4 is 10.6 Å². The van der Waals surface area contributed by atoms with E-state index in [1.54, 1.807) is 12.4 Å². The Hall–Kier alpha value is -3.51. The molecule has 6 nitrogen and oxygen atoms in total. The second-order valence-electron chi connectivity index (χ2n) is 8.27. The number of nitrogens with zero attached hydrogens (tertiary/aromatic N) is 3. The number of hydrogen-bond acceptors (Lipinski definition) is 4. The number of pyridine rings is 1. The molecule has 32 heavy (non-hydrogen) atoms. The number of amides is 1. The first-order chi connectivity index (χ1) is 15.8. The molecule has 0 saturated heterocycles. The summed E-state index contributed by atoms with van der Waals surface area (Å²) < 4.78 is 2.03. The SMILES string of the molecule is O=C(Cn1c(CCNCc2ccncc2)nc2ccccc21)Nc1ccc2c(c1)CCC2. The van der Waals surface area contributed by atoms with Crippen LogP contribution >= 0.6 is 0 Å². The standard InChI is InChI=1S/C26H27N5O/c32-26(29-22-9-8-20-4-3-5-21(20)16-22)18-31-24-7-2-1-6-23(24)30-25(31)12-15-28-17-19-10-13-27-14-11-19/h1-2,6-11,13-14,16,28H,3-5,12,15,17-18H2,(H,29,32). The van der Waals surface area contributed by atoms with Crippen LogP contribution in [0.4, 0.5) is 5.69 Å². The van der Waals surface area contributed by atoms with E-state index in [1.807, 2.05) is 47.0 Å². The molecule has 0 bridgehead atoms. The highest BCUT2D eigenvalue weighted by Gasteiger charge is 2.15. The summed E-state index contributed by atoms with van der Waals surface area (Å²) in [7, 11) is 0. The molecule has 2 N–H and O–H groups in total. The molecule has 2 aromatic heterocycles. The predicted molar refractivity (Wildman–Crippen MR) is 126 cm³/mol. The van der Waals surface area contributed by atoms with E-state index in [0.29, 0.717) is 0 Å². The number of benzene rings is 2. The molecular weight excluding hydrogens is 398 g/mol. The Balaban J connectivity index is 1.27. The lowest BCUT2D eigenvalue weighted by Crippen LogP contribution is -2.22. The molecule has 0 aliphatic heterocycles. The molecule has 1 aliphatic carbocycles. The van der Waals surface area contributed by atoms with Crippen LogP contribution in [-0.2, 0) is 37.1 Å². The van der Waals surface area contributed by atoms with Crippen molar-refractivity contribution in [1.29, 1.82) is 0 Å². The molecular formula is C26H27N5O. The Labute approximate surface area is 187 Å². The number of fused-ring (bicyclic) bond motifs is 2. The summed E-state index contributed by atoms with van der Waals surface area (Å²) in [5.41, 5.74) is 6.74. The summed E-state index contributed by atoms with van der Waals surface area (Å²) in [5, 5.41) is 6.54. The minimum absolute atomic E-state index is 0.0305. The molecule has 1 aliphatic rings. The molecule has 0 atom stereocenters. The fourth-order valence-electron chi connectivity index (χ4n) is 4.42. The summed E-state index contributed by atoms with van der Waals surface area (Å²) in [4.78, 5) is 21.8. The van der Waals surface area contributed by atoms with Crippen LogP contribution in [0.15, 0.2) is 67.0 Å². The first-order valence-corrected chi connectivity index (χ1v) is 11.2. The van der Waals surface area contributed by atoms with Gasteiger partial charge in [0.05, 0.1) is 11.0 Å². The summed E-state index contributed by atoms with van der Waals surface area (Å²) >= 11 is 0. The minimum atomic E-state index is -0.0305. The number of carbonyl (C=O) groups excluding carboxylic acids is 1. The van der Waals surface area contributed by atoms with Gasteiger partial charge in [0.25, 0.3) is 0 Å². The van der Waals surface area contributed by atoms with E-state index in [2.05, 4.69) is 27.8 Å². The highest BCUT2D eigenvalue weighted by atomic mass is 16.1. The average molecular weight is 426 g/mol. The van der Waals surface area contributed by atoms with Gasteiger partial charge in [-0.3, -0.25) is 9.78 Å². The van der Waals surface area contributed by atoms with Crippen molar-refractivity contribution in [3.8, 4) is 0 Å². The first kappa shape index (κ1) is 20.4. The van der Waals surface area contributed by atoms with Crippen molar-refractivity contribution in [1.82, 2.24) is 19.9 Å². The van der Waals surface area contributed by atoms with Crippen molar-refractivity contribution in [3.05, 3.63) is 89.5 Å². The van der Waals surface area contributed by atoms with Gasteiger partial charge in [0.1, 0.15) is 12.4 Å². The van der Waals surface area contributed by atoms with Gasteiger partial charge in [-0.2, -0.15) is 0 Å². The fourth-order valence-corrected chi connectivity index (χ4v) is 4.42. The Kier molecular flexibility index (Phi) is 5.94. The van der Waals surface area contributed by atoms with Gasteiger partial charge in [0.2, 0.25) is 5.91 Å². The summed E-state index contributed by atoms with van der Waals surface area (Å²) in [6.07, 6.45) is 7.79. The van der Waals surface area contributed by atoms with Gasteiger partial charge in [-0.15, -0.1) is 0 Å². The Bertz CT molecular complexity index is 1230. The zero-order chi connectivity index (χ0) is 21.8. The van der Waals surface area contributed by atoms with Gasteiger partial charge < -0.3 is 15.2 Å². The maximum absolute atomic E-state index is 12.9. The highest BCUT2D eigenvalue weighted by molar-refractivity contribution is 5.92. The van der Waals surface area contributed by atoms with Crippen LogP contribution in [0.25, 0.3) is 11.0 Å². The molecule has 0 fully saturated rings. The van der Waals surface area contributed by atoms with Gasteiger partial charge in [0.15, 0.2) is 0 Å². The molecule has 0 unspecified atom stereocenters. The van der Waals surface area contributed by atoms with Crippen LogP contribution in [0.2, 0.25) is 0 Å². The molecule has 0 spiro atoms. The second kappa shape index (κ2) is 9.32. The van der Waals surface area contributed by atoms with Crippen LogP contribution in [0, 0.1) is 0 Å². The third kappa shape index (κ3) is 4.55. The van der Waals surface area contributed by atoms with E-state index in [0.717, 1.165) is 54.9 Å². The highest BCUT2D eigenvalue weighted by Crippen LogP contribution is 2.25. The normalized spacial score (nSPS) is 12.8. The third-order valence-corrected chi connectivity index (χ3v) is 6.02. The van der Waals surface area contributed by atoms with Crippen molar-refractivity contribution in [2.45, 2.75) is 38.8 Å². The monoisotopic (exact) mass is 425 g/mol. The van der Waals surface area contributed by atoms with Crippen molar-refractivity contribution in [3.63, 3.8) is 0 Å². The quantitative estimate of drug-likeness (QED) is 0.420. The van der Waals surface area contributed by atoms with E-state index < -0.39 is 0 Å². The second-order valence-corrected chi connectivity index (χ2v) is 8.27. The maximum Gasteiger partial charge on any atom is 0.244 e. The number of imidazole rings is 1. The zero-order valence-electron chi connectivity index (χ0n) is 18.1. The summed E-state index contributed by atoms with van der Waals surface area (Å²) in [6, 6.07) is 18.3. The maximum atomic E-state index is 12.9. The lowest BCUT2D eigenvalue weighted by molar-refractivity contribution is -0.116. The molecule has 0 radical (unpaired) electrons. The van der Waals surface area contributed by atoms with Crippen molar-refractivity contribution in [2.75, 3.05) is 11.9 Å². The summed E-state index contributed by atoms with van der Waals surface area (Å²) in [5.74, 6) is 0.884. The van der Waals surface area contributed by atoms with Crippen LogP contribution in [0.5, 0.6) is 0 Å². The van der Waals surface area contributed by atoms with Crippen molar-refractivity contribution in [2.24, 2.45) is 0 Å². The fraction of sp³-hybridized carbons (Fsp3) is 0.269. The van der Waals surface area contributed by atoms with E-state index in [9.17, 15) is 4.79 Å². The molecule has 5 rings (SSSR count). The number of anilines is 1. The molecule has 0 saturated carbocycles. The summed E-state index contributed by atoms with van der Waals surface area (Å²) in [6.45, 7) is 1.80. The molecule has 4 aromatic rings. The van der Waals surface area contributed by atoms with Gasteiger partial charge in [-0.05, 0) is 72.4 Å². The zero-order valence-corrected chi connectivity index (χ0v) is 18.1. The van der Waals surface area contributed by atoms with E-state index in [4.69, 9.17) is 4.98 Å². The lowest BCUT2D eigenvalue weighted by Gasteiger charge is -2.11. The first-order valence-electron chi connectivity index (χ1n) is 11.2. The Morgan fingerprint density at radius 1 is 1.00 bits per heavy atom. The van der Waals surface area contributed by atoms with Gasteiger partial charge in [-0.25, -0.2) is 4.98 Å². The molecule has 2 aromatic carbocycles. The number of para-hydroxylation sites is 2. The van der Waals surface area contributed by atoms with Crippen LogP contribution in [-0.4, -0.2) is 27.0 Å². The van der Waals surface area contributed by atoms with Gasteiger partial charge >= 0.3 is 0 Å². The van der Waals surface area contributed by atoms with Gasteiger partial charge in [0, 0.05) is 37.6 Å². The van der Waals surface area contributed by atoms with Crippen LogP contribution in [0.3, 0.4) is 0 Å². The average Bonchev–Trinajstić information content (AvgIpc) is 3.42. The predicted octanol–water partition coefficient (Wildman–Crippen LogP) is 3.89. The number of hydrogen-bond donors (Lipinski definition) is 2. The molecule has 1 amide bonds. The van der Waals surface area contributed by atoms with E-state index >= 15 is 0 Å². The molecule has 6 heteroatoms. The number of carbonyl (C=O) groups is 1. The van der Waals surface area contributed by atoms with E-state index in [1.165, 1.54) is 23.1 Å². The third-order valence-electron chi connectivity index (χ3n) is 6.02. The van der Waals surface area contributed by atoms with Crippen LogP contribution in [0.1, 0.15) is 28.9 Å². The smallest absolute Gasteiger partial charge is 0.244 e. The minimum Gasteiger partial charge on any atom is -0.325 e. The number of aromatic nitrogens is 3. The van der Waals surface area contributed by atoms with Gasteiger partial charge in [-0.1, -0.05) is 18.2 Å². The van der Waals surface area contributed by atoms with E-state index in [-0.39, 0.29) is 12.5 Å². The number of aryl methyl sites for hydroxylation is 2. The lowest BCUT2D eigenvalue weighted by atomic mass is 10.1. The Morgan fingerprint density at radius 3 is 2.75 bits per heavy atom. The van der Waals surface area contributed by atoms with Crippen molar-refractivity contribution >= 4 is 22.6 Å². The molecule has 162 valence electrons.